The Hall–Kier alpha value is -0.770. The lowest BCUT2D eigenvalue weighted by atomic mass is 10.0. The Kier molecular flexibility index (Phi) is 4.39. The summed E-state index contributed by atoms with van der Waals surface area (Å²) in [6.45, 7) is 8.33. The van der Waals surface area contributed by atoms with E-state index in [2.05, 4.69) is 10.6 Å². The van der Waals surface area contributed by atoms with Crippen molar-refractivity contribution in [3.05, 3.63) is 0 Å². The monoisotopic (exact) mass is 214 g/mol. The zero-order valence-electron chi connectivity index (χ0n) is 9.93. The summed E-state index contributed by atoms with van der Waals surface area (Å²) in [6.07, 6.45) is 2.10. The number of hydrogen-bond acceptors (Lipinski definition) is 2. The number of ether oxygens (including phenoxy) is 1. The van der Waals surface area contributed by atoms with Gasteiger partial charge in [0.25, 0.3) is 0 Å². The molecule has 4 nitrogen and oxygen atoms in total. The van der Waals surface area contributed by atoms with E-state index in [0.717, 1.165) is 32.6 Å². The van der Waals surface area contributed by atoms with Gasteiger partial charge in [-0.2, -0.15) is 0 Å². The Morgan fingerprint density at radius 3 is 2.47 bits per heavy atom. The van der Waals surface area contributed by atoms with E-state index in [0.29, 0.717) is 5.92 Å². The Balaban J connectivity index is 2.15. The highest BCUT2D eigenvalue weighted by Crippen LogP contribution is 2.13. The summed E-state index contributed by atoms with van der Waals surface area (Å²) in [4.78, 5) is 11.4. The Morgan fingerprint density at radius 2 is 1.93 bits per heavy atom. The second-order valence-corrected chi connectivity index (χ2v) is 5.14. The maximum atomic E-state index is 11.4. The van der Waals surface area contributed by atoms with Gasteiger partial charge in [0.05, 0.1) is 0 Å². The van der Waals surface area contributed by atoms with E-state index >= 15 is 0 Å². The van der Waals surface area contributed by atoms with Crippen LogP contribution in [0.3, 0.4) is 0 Å². The van der Waals surface area contributed by atoms with E-state index in [1.807, 2.05) is 20.8 Å². The second-order valence-electron chi connectivity index (χ2n) is 5.14. The van der Waals surface area contributed by atoms with E-state index in [1.54, 1.807) is 0 Å². The van der Waals surface area contributed by atoms with Gasteiger partial charge in [0.15, 0.2) is 0 Å². The third kappa shape index (κ3) is 5.62. The minimum absolute atomic E-state index is 0.0750. The minimum Gasteiger partial charge on any atom is -0.381 e. The summed E-state index contributed by atoms with van der Waals surface area (Å²) in [6, 6.07) is -0.0750. The van der Waals surface area contributed by atoms with Crippen LogP contribution >= 0.6 is 0 Å². The average Bonchev–Trinajstić information content (AvgIpc) is 2.14. The molecule has 1 saturated heterocycles. The zero-order valence-corrected chi connectivity index (χ0v) is 9.93. The number of carbonyl (C=O) groups is 1. The zero-order chi connectivity index (χ0) is 11.3. The maximum Gasteiger partial charge on any atom is 0.315 e. The predicted molar refractivity (Wildman–Crippen MR) is 59.8 cm³/mol. The molecule has 0 radical (unpaired) electrons. The van der Waals surface area contributed by atoms with Crippen molar-refractivity contribution < 1.29 is 9.53 Å². The summed E-state index contributed by atoms with van der Waals surface area (Å²) < 4.78 is 5.26. The Bertz CT molecular complexity index is 205. The summed E-state index contributed by atoms with van der Waals surface area (Å²) in [7, 11) is 0. The molecule has 15 heavy (non-hydrogen) atoms. The van der Waals surface area contributed by atoms with Gasteiger partial charge >= 0.3 is 6.03 Å². The molecule has 0 spiro atoms. The first-order valence-corrected chi connectivity index (χ1v) is 5.61. The molecule has 0 aromatic rings. The lowest BCUT2D eigenvalue weighted by Crippen LogP contribution is -2.47. The van der Waals surface area contributed by atoms with Crippen LogP contribution in [-0.4, -0.2) is 31.3 Å². The summed E-state index contributed by atoms with van der Waals surface area (Å²) in [5, 5.41) is 5.78. The lowest BCUT2D eigenvalue weighted by molar-refractivity contribution is 0.0668. The van der Waals surface area contributed by atoms with Gasteiger partial charge in [0.1, 0.15) is 0 Å². The van der Waals surface area contributed by atoms with Crippen molar-refractivity contribution in [3.63, 3.8) is 0 Å². The molecule has 0 saturated carbocycles. The van der Waals surface area contributed by atoms with Crippen molar-refractivity contribution in [1.82, 2.24) is 10.6 Å². The first kappa shape index (κ1) is 12.3. The van der Waals surface area contributed by atoms with Crippen molar-refractivity contribution in [3.8, 4) is 0 Å². The summed E-state index contributed by atoms with van der Waals surface area (Å²) >= 11 is 0. The maximum absolute atomic E-state index is 11.4. The van der Waals surface area contributed by atoms with Gasteiger partial charge in [0, 0.05) is 25.3 Å². The molecule has 1 aliphatic rings. The molecule has 0 aromatic heterocycles. The van der Waals surface area contributed by atoms with Gasteiger partial charge in [-0.05, 0) is 39.5 Å². The highest BCUT2D eigenvalue weighted by molar-refractivity contribution is 5.74. The third-order valence-electron chi connectivity index (χ3n) is 2.38. The molecule has 1 aliphatic heterocycles. The molecule has 1 rings (SSSR count). The Morgan fingerprint density at radius 1 is 1.33 bits per heavy atom. The van der Waals surface area contributed by atoms with Crippen LogP contribution in [0.2, 0.25) is 0 Å². The van der Waals surface area contributed by atoms with E-state index in [4.69, 9.17) is 4.74 Å². The van der Waals surface area contributed by atoms with Gasteiger partial charge in [-0.25, -0.2) is 4.79 Å². The fourth-order valence-corrected chi connectivity index (χ4v) is 1.57. The van der Waals surface area contributed by atoms with E-state index in [1.165, 1.54) is 0 Å². The Labute approximate surface area is 91.8 Å². The summed E-state index contributed by atoms with van der Waals surface area (Å²) in [5.41, 5.74) is -0.167. The first-order chi connectivity index (χ1) is 6.97. The highest BCUT2D eigenvalue weighted by Gasteiger charge is 2.17. The van der Waals surface area contributed by atoms with E-state index in [-0.39, 0.29) is 11.6 Å². The topological polar surface area (TPSA) is 50.4 Å². The number of urea groups is 1. The quantitative estimate of drug-likeness (QED) is 0.732. The van der Waals surface area contributed by atoms with Gasteiger partial charge in [-0.3, -0.25) is 0 Å². The van der Waals surface area contributed by atoms with Crippen molar-refractivity contribution in [2.75, 3.05) is 19.8 Å². The van der Waals surface area contributed by atoms with Crippen molar-refractivity contribution in [2.45, 2.75) is 39.2 Å². The molecule has 0 atom stereocenters. The molecule has 0 aromatic carbocycles. The second kappa shape index (κ2) is 5.35. The molecule has 0 bridgehead atoms. The van der Waals surface area contributed by atoms with Crippen LogP contribution in [0.15, 0.2) is 0 Å². The standard InChI is InChI=1S/C11H22N2O2/c1-11(2,3)13-10(14)12-8-9-4-6-15-7-5-9/h9H,4-8H2,1-3H3,(H2,12,13,14). The molecular formula is C11H22N2O2. The minimum atomic E-state index is -0.167. The van der Waals surface area contributed by atoms with Gasteiger partial charge in [-0.15, -0.1) is 0 Å². The van der Waals surface area contributed by atoms with Crippen LogP contribution in [0.1, 0.15) is 33.6 Å². The van der Waals surface area contributed by atoms with Gasteiger partial charge in [0.2, 0.25) is 0 Å². The SMILES string of the molecule is CC(C)(C)NC(=O)NCC1CCOCC1. The van der Waals surface area contributed by atoms with Crippen LogP contribution in [0.4, 0.5) is 4.79 Å². The van der Waals surface area contributed by atoms with Crippen molar-refractivity contribution in [2.24, 2.45) is 5.92 Å². The average molecular weight is 214 g/mol. The number of hydrogen-bond donors (Lipinski definition) is 2. The molecule has 0 unspecified atom stereocenters. The van der Waals surface area contributed by atoms with E-state index in [9.17, 15) is 4.79 Å². The van der Waals surface area contributed by atoms with Crippen LogP contribution in [0.5, 0.6) is 0 Å². The summed E-state index contributed by atoms with van der Waals surface area (Å²) in [5.74, 6) is 0.574. The molecule has 4 heteroatoms. The van der Waals surface area contributed by atoms with Gasteiger partial charge < -0.3 is 15.4 Å². The van der Waals surface area contributed by atoms with E-state index < -0.39 is 0 Å². The first-order valence-electron chi connectivity index (χ1n) is 5.61. The molecule has 88 valence electrons. The fraction of sp³-hybridized carbons (Fsp3) is 0.909. The highest BCUT2D eigenvalue weighted by atomic mass is 16.5. The molecular weight excluding hydrogens is 192 g/mol. The lowest BCUT2D eigenvalue weighted by Gasteiger charge is -2.24. The number of rotatable bonds is 2. The van der Waals surface area contributed by atoms with Crippen LogP contribution < -0.4 is 10.6 Å². The van der Waals surface area contributed by atoms with Crippen molar-refractivity contribution >= 4 is 6.03 Å². The van der Waals surface area contributed by atoms with Crippen LogP contribution in [0, 0.1) is 5.92 Å². The number of nitrogens with one attached hydrogen (secondary N) is 2. The molecule has 1 fully saturated rings. The number of amides is 2. The molecule has 1 heterocycles. The van der Waals surface area contributed by atoms with Gasteiger partial charge in [-0.1, -0.05) is 0 Å². The third-order valence-corrected chi connectivity index (χ3v) is 2.38. The predicted octanol–water partition coefficient (Wildman–Crippen LogP) is 1.51. The smallest absolute Gasteiger partial charge is 0.315 e. The van der Waals surface area contributed by atoms with Crippen molar-refractivity contribution in [1.29, 1.82) is 0 Å². The fourth-order valence-electron chi connectivity index (χ4n) is 1.57. The molecule has 2 N–H and O–H groups in total. The van der Waals surface area contributed by atoms with Crippen LogP contribution in [-0.2, 0) is 4.74 Å². The normalized spacial score (nSPS) is 18.6. The molecule has 2 amide bonds. The molecule has 0 aliphatic carbocycles. The van der Waals surface area contributed by atoms with Crippen LogP contribution in [0.25, 0.3) is 0 Å². The number of carbonyl (C=O) groups excluding carboxylic acids is 1. The largest absolute Gasteiger partial charge is 0.381 e.